The highest BCUT2D eigenvalue weighted by Crippen LogP contribution is 1.93. The Morgan fingerprint density at radius 2 is 2.28 bits per heavy atom. The first-order chi connectivity index (χ1) is 8.72. The number of rotatable bonds is 10. The van der Waals surface area contributed by atoms with Crippen LogP contribution in [0.1, 0.15) is 6.92 Å². The molecule has 0 fully saturated rings. The van der Waals surface area contributed by atoms with Crippen molar-refractivity contribution in [3.8, 4) is 0 Å². The summed E-state index contributed by atoms with van der Waals surface area (Å²) >= 11 is 0. The molecule has 0 aliphatic rings. The van der Waals surface area contributed by atoms with Crippen molar-refractivity contribution in [1.29, 1.82) is 0 Å². The van der Waals surface area contributed by atoms with Crippen LogP contribution in [-0.4, -0.2) is 65.7 Å². The minimum absolute atomic E-state index is 0.000186. The second kappa shape index (κ2) is 8.98. The van der Waals surface area contributed by atoms with Gasteiger partial charge in [0.15, 0.2) is 0 Å². The Hall–Kier alpha value is -1.02. The Morgan fingerprint density at radius 1 is 1.44 bits per heavy atom. The number of nitrogens with one attached hydrogen (secondary N) is 1. The van der Waals surface area contributed by atoms with Crippen LogP contribution in [-0.2, 0) is 16.0 Å². The molecule has 1 heterocycles. The number of nitrogens with zero attached hydrogens (tertiary/aromatic N) is 3. The van der Waals surface area contributed by atoms with E-state index in [0.717, 1.165) is 13.1 Å². The molecule has 0 bridgehead atoms. The predicted molar refractivity (Wildman–Crippen MR) is 66.2 cm³/mol. The van der Waals surface area contributed by atoms with Crippen molar-refractivity contribution < 1.29 is 14.6 Å². The monoisotopic (exact) mass is 258 g/mol. The van der Waals surface area contributed by atoms with Gasteiger partial charge in [0.25, 0.3) is 0 Å². The van der Waals surface area contributed by atoms with Crippen LogP contribution in [0.4, 0.5) is 0 Å². The molecule has 2 N–H and O–H groups in total. The topological polar surface area (TPSA) is 81.4 Å². The maximum atomic E-state index is 9.66. The second-order valence-electron chi connectivity index (χ2n) is 4.12. The Kier molecular flexibility index (Phi) is 7.51. The average Bonchev–Trinajstić information content (AvgIpc) is 2.85. The molecule has 18 heavy (non-hydrogen) atoms. The van der Waals surface area contributed by atoms with Crippen molar-refractivity contribution in [2.45, 2.75) is 25.7 Å². The summed E-state index contributed by atoms with van der Waals surface area (Å²) in [6.07, 6.45) is 2.92. The van der Waals surface area contributed by atoms with Crippen molar-refractivity contribution in [2.24, 2.45) is 0 Å². The first-order valence-corrected chi connectivity index (χ1v) is 6.05. The fourth-order valence-electron chi connectivity index (χ4n) is 1.43. The zero-order valence-electron chi connectivity index (χ0n) is 11.0. The Labute approximate surface area is 107 Å². The number of hydrogen-bond acceptors (Lipinski definition) is 6. The van der Waals surface area contributed by atoms with Gasteiger partial charge in [-0.15, -0.1) is 5.10 Å². The molecule has 0 aromatic carbocycles. The summed E-state index contributed by atoms with van der Waals surface area (Å²) in [5.41, 5.74) is 0. The summed E-state index contributed by atoms with van der Waals surface area (Å²) in [4.78, 5) is 0. The van der Waals surface area contributed by atoms with Gasteiger partial charge in [-0.2, -0.15) is 0 Å². The van der Waals surface area contributed by atoms with E-state index in [2.05, 4.69) is 15.6 Å². The van der Waals surface area contributed by atoms with Crippen LogP contribution in [0.2, 0.25) is 0 Å². The number of methoxy groups -OCH3 is 1. The lowest BCUT2D eigenvalue weighted by Crippen LogP contribution is -2.33. The molecule has 0 spiro atoms. The van der Waals surface area contributed by atoms with E-state index >= 15 is 0 Å². The Morgan fingerprint density at radius 3 is 2.94 bits per heavy atom. The highest BCUT2D eigenvalue weighted by Gasteiger charge is 2.07. The smallest absolute Gasteiger partial charge is 0.0897 e. The third-order valence-corrected chi connectivity index (χ3v) is 2.34. The van der Waals surface area contributed by atoms with Gasteiger partial charge in [0, 0.05) is 26.4 Å². The molecular formula is C11H22N4O3. The molecule has 2 atom stereocenters. The molecule has 1 rings (SSSR count). The molecule has 0 radical (unpaired) electrons. The Bertz CT molecular complexity index is 294. The maximum Gasteiger partial charge on any atom is 0.0897 e. The van der Waals surface area contributed by atoms with Crippen LogP contribution in [0.15, 0.2) is 12.4 Å². The summed E-state index contributed by atoms with van der Waals surface area (Å²) in [5.74, 6) is 0. The third-order valence-electron chi connectivity index (χ3n) is 2.34. The first-order valence-electron chi connectivity index (χ1n) is 6.05. The van der Waals surface area contributed by atoms with E-state index in [-0.39, 0.29) is 6.10 Å². The Balaban J connectivity index is 1.98. The number of ether oxygens (including phenoxy) is 2. The second-order valence-corrected chi connectivity index (χ2v) is 4.12. The highest BCUT2D eigenvalue weighted by molar-refractivity contribution is 4.65. The number of aromatic nitrogens is 3. The quantitative estimate of drug-likeness (QED) is 0.539. The SMILES string of the molecule is COCC(C)OCC(O)CNCCn1ccnn1. The zero-order chi connectivity index (χ0) is 13.2. The molecular weight excluding hydrogens is 236 g/mol. The summed E-state index contributed by atoms with van der Waals surface area (Å²) < 4.78 is 12.1. The molecule has 0 aliphatic heterocycles. The van der Waals surface area contributed by atoms with Crippen LogP contribution in [0.3, 0.4) is 0 Å². The molecule has 0 aliphatic carbocycles. The van der Waals surface area contributed by atoms with Gasteiger partial charge in [-0.05, 0) is 6.92 Å². The van der Waals surface area contributed by atoms with E-state index in [1.54, 1.807) is 24.2 Å². The van der Waals surface area contributed by atoms with Gasteiger partial charge >= 0.3 is 0 Å². The van der Waals surface area contributed by atoms with Crippen molar-refractivity contribution in [3.05, 3.63) is 12.4 Å². The lowest BCUT2D eigenvalue weighted by atomic mass is 10.3. The number of aliphatic hydroxyl groups is 1. The van der Waals surface area contributed by atoms with Gasteiger partial charge in [-0.25, -0.2) is 0 Å². The summed E-state index contributed by atoms with van der Waals surface area (Å²) in [5, 5.41) is 20.3. The molecule has 0 saturated carbocycles. The lowest BCUT2D eigenvalue weighted by molar-refractivity contribution is -0.0310. The highest BCUT2D eigenvalue weighted by atomic mass is 16.5. The van der Waals surface area contributed by atoms with Crippen LogP contribution >= 0.6 is 0 Å². The summed E-state index contributed by atoms with van der Waals surface area (Å²) in [6.45, 7) is 4.71. The van der Waals surface area contributed by atoms with Gasteiger partial charge in [0.05, 0.1) is 38.2 Å². The van der Waals surface area contributed by atoms with Crippen LogP contribution in [0.5, 0.6) is 0 Å². The molecule has 1 aromatic rings. The normalized spacial score (nSPS) is 14.6. The van der Waals surface area contributed by atoms with Gasteiger partial charge in [0.2, 0.25) is 0 Å². The van der Waals surface area contributed by atoms with Crippen LogP contribution in [0.25, 0.3) is 0 Å². The zero-order valence-corrected chi connectivity index (χ0v) is 11.0. The van der Waals surface area contributed by atoms with Gasteiger partial charge in [-0.1, -0.05) is 5.21 Å². The van der Waals surface area contributed by atoms with Crippen molar-refractivity contribution in [3.63, 3.8) is 0 Å². The fourth-order valence-corrected chi connectivity index (χ4v) is 1.43. The maximum absolute atomic E-state index is 9.66. The van der Waals surface area contributed by atoms with E-state index in [0.29, 0.717) is 19.8 Å². The summed E-state index contributed by atoms with van der Waals surface area (Å²) in [7, 11) is 1.63. The number of hydrogen-bond donors (Lipinski definition) is 2. The van der Waals surface area contributed by atoms with E-state index in [1.165, 1.54) is 0 Å². The van der Waals surface area contributed by atoms with Crippen molar-refractivity contribution >= 4 is 0 Å². The molecule has 7 heteroatoms. The molecule has 7 nitrogen and oxygen atoms in total. The predicted octanol–water partition coefficient (Wildman–Crippen LogP) is -0.720. The van der Waals surface area contributed by atoms with Crippen molar-refractivity contribution in [2.75, 3.05) is 33.4 Å². The minimum Gasteiger partial charge on any atom is -0.389 e. The van der Waals surface area contributed by atoms with E-state index in [4.69, 9.17) is 9.47 Å². The average molecular weight is 258 g/mol. The lowest BCUT2D eigenvalue weighted by Gasteiger charge is -2.16. The molecule has 1 aromatic heterocycles. The van der Waals surface area contributed by atoms with Gasteiger partial charge < -0.3 is 19.9 Å². The van der Waals surface area contributed by atoms with E-state index in [1.807, 2.05) is 6.92 Å². The summed E-state index contributed by atoms with van der Waals surface area (Å²) in [6, 6.07) is 0. The van der Waals surface area contributed by atoms with Crippen LogP contribution in [0, 0.1) is 0 Å². The minimum atomic E-state index is -0.514. The molecule has 2 unspecified atom stereocenters. The molecule has 0 saturated heterocycles. The standard InChI is InChI=1S/C11H22N4O3/c1-10(8-17-2)18-9-11(16)7-12-3-5-15-6-4-13-14-15/h4,6,10-12,16H,3,5,7-9H2,1-2H3. The molecule has 0 amide bonds. The third kappa shape index (κ3) is 6.65. The van der Waals surface area contributed by atoms with E-state index < -0.39 is 6.10 Å². The van der Waals surface area contributed by atoms with Crippen molar-refractivity contribution in [1.82, 2.24) is 20.3 Å². The number of aliphatic hydroxyl groups excluding tert-OH is 1. The molecule has 104 valence electrons. The van der Waals surface area contributed by atoms with Gasteiger partial charge in [0.1, 0.15) is 0 Å². The fraction of sp³-hybridized carbons (Fsp3) is 0.818. The van der Waals surface area contributed by atoms with E-state index in [9.17, 15) is 5.11 Å². The largest absolute Gasteiger partial charge is 0.389 e. The first kappa shape index (κ1) is 15.0. The van der Waals surface area contributed by atoms with Crippen LogP contribution < -0.4 is 5.32 Å². The van der Waals surface area contributed by atoms with Gasteiger partial charge in [-0.3, -0.25) is 4.68 Å².